The second-order valence-corrected chi connectivity index (χ2v) is 3.40. The molecule has 0 aliphatic carbocycles. The van der Waals surface area contributed by atoms with Crippen molar-refractivity contribution in [2.75, 3.05) is 14.2 Å². The van der Waals surface area contributed by atoms with Crippen LogP contribution in [0.25, 0.3) is 0 Å². The van der Waals surface area contributed by atoms with Crippen LogP contribution in [0.3, 0.4) is 0 Å². The monoisotopic (exact) mass is 314 g/mol. The van der Waals surface area contributed by atoms with Crippen LogP contribution in [-0.4, -0.2) is 59.9 Å². The third-order valence-electron chi connectivity index (χ3n) is 2.31. The van der Waals surface area contributed by atoms with Crippen LogP contribution in [0, 0.1) is 0 Å². The number of ether oxygens (including phenoxy) is 2. The summed E-state index contributed by atoms with van der Waals surface area (Å²) >= 11 is 0. The number of methoxy groups -OCH3 is 2. The van der Waals surface area contributed by atoms with Crippen LogP contribution in [0.1, 0.15) is 0 Å². The van der Waals surface area contributed by atoms with Gasteiger partial charge in [0, 0.05) is 0 Å². The largest absolute Gasteiger partial charge is 0.467 e. The Labute approximate surface area is 106 Å². The third-order valence-corrected chi connectivity index (χ3v) is 2.31. The summed E-state index contributed by atoms with van der Waals surface area (Å²) in [6, 6.07) is 0. The fraction of sp³-hybridized carbons (Fsp3) is 0.750. The first-order valence-corrected chi connectivity index (χ1v) is 4.46. The van der Waals surface area contributed by atoms with Gasteiger partial charge in [-0.1, -0.05) is 0 Å². The Hall–Kier alpha value is -1.56. The molecule has 0 aliphatic heterocycles. The highest BCUT2D eigenvalue weighted by Gasteiger charge is 2.84. The van der Waals surface area contributed by atoms with E-state index in [9.17, 15) is 35.9 Å². The average Bonchev–Trinajstić information content (AvgIpc) is 2.31. The molecule has 12 heteroatoms. The van der Waals surface area contributed by atoms with Gasteiger partial charge in [0.05, 0.1) is 14.2 Å². The van der Waals surface area contributed by atoms with Gasteiger partial charge in [0.15, 0.2) is 0 Å². The van der Waals surface area contributed by atoms with E-state index in [0.717, 1.165) is 0 Å². The molecule has 0 aromatic carbocycles. The van der Waals surface area contributed by atoms with E-state index in [0.29, 0.717) is 0 Å². The normalized spacial score (nSPS) is 18.7. The molecule has 0 spiro atoms. The molecule has 0 saturated carbocycles. The fourth-order valence-corrected chi connectivity index (χ4v) is 1.23. The number of esters is 2. The molecule has 0 bridgehead atoms. The summed E-state index contributed by atoms with van der Waals surface area (Å²) in [4.78, 5) is 21.9. The van der Waals surface area contributed by atoms with E-state index in [-0.39, 0.29) is 14.2 Å². The van der Waals surface area contributed by atoms with Gasteiger partial charge in [-0.3, -0.25) is 0 Å². The molecule has 0 rings (SSSR count). The van der Waals surface area contributed by atoms with Crippen LogP contribution in [0.4, 0.5) is 26.3 Å². The van der Waals surface area contributed by atoms with Gasteiger partial charge < -0.3 is 19.7 Å². The number of aliphatic hydroxyl groups is 2. The van der Waals surface area contributed by atoms with E-state index in [1.54, 1.807) is 0 Å². The number of carbonyl (C=O) groups excluding carboxylic acids is 2. The number of halogens is 6. The molecule has 118 valence electrons. The predicted molar refractivity (Wildman–Crippen MR) is 46.0 cm³/mol. The van der Waals surface area contributed by atoms with Crippen molar-refractivity contribution in [1.82, 2.24) is 0 Å². The van der Waals surface area contributed by atoms with Crippen LogP contribution >= 0.6 is 0 Å². The molecular weight excluding hydrogens is 306 g/mol. The summed E-state index contributed by atoms with van der Waals surface area (Å²) in [6.07, 6.45) is -12.8. The first-order valence-electron chi connectivity index (χ1n) is 4.46. The Kier molecular flexibility index (Phi) is 4.69. The maximum absolute atomic E-state index is 12.6. The number of carbonyl (C=O) groups is 2. The summed E-state index contributed by atoms with van der Waals surface area (Å²) in [5, 5.41) is 18.2. The molecule has 0 aromatic heterocycles. The minimum Gasteiger partial charge on any atom is -0.467 e. The maximum Gasteiger partial charge on any atom is 0.432 e. The molecule has 0 radical (unpaired) electrons. The summed E-state index contributed by atoms with van der Waals surface area (Å²) in [5.41, 5.74) is -11.2. The second kappa shape index (κ2) is 5.09. The average molecular weight is 314 g/mol. The van der Waals surface area contributed by atoms with E-state index in [2.05, 4.69) is 9.47 Å². The highest BCUT2D eigenvalue weighted by Crippen LogP contribution is 2.48. The summed E-state index contributed by atoms with van der Waals surface area (Å²) in [7, 11) is 0.431. The Morgan fingerprint density at radius 1 is 0.750 bits per heavy atom. The van der Waals surface area contributed by atoms with Crippen molar-refractivity contribution in [1.29, 1.82) is 0 Å². The van der Waals surface area contributed by atoms with E-state index >= 15 is 0 Å². The van der Waals surface area contributed by atoms with Crippen LogP contribution < -0.4 is 0 Å². The highest BCUT2D eigenvalue weighted by atomic mass is 19.4. The summed E-state index contributed by atoms with van der Waals surface area (Å²) in [6.45, 7) is 0. The first kappa shape index (κ1) is 18.4. The summed E-state index contributed by atoms with van der Waals surface area (Å²) < 4.78 is 82.7. The van der Waals surface area contributed by atoms with E-state index in [1.165, 1.54) is 0 Å². The van der Waals surface area contributed by atoms with Crippen LogP contribution in [-0.2, 0) is 19.1 Å². The molecule has 0 saturated heterocycles. The van der Waals surface area contributed by atoms with Crippen molar-refractivity contribution < 1.29 is 55.6 Å². The predicted octanol–water partition coefficient (Wildman–Crippen LogP) is -0.0808. The maximum atomic E-state index is 12.6. The Morgan fingerprint density at radius 2 is 0.950 bits per heavy atom. The fourth-order valence-electron chi connectivity index (χ4n) is 1.23. The van der Waals surface area contributed by atoms with Gasteiger partial charge in [0.2, 0.25) is 0 Å². The topological polar surface area (TPSA) is 93.1 Å². The minimum absolute atomic E-state index is 0.215. The number of rotatable bonds is 3. The van der Waals surface area contributed by atoms with Gasteiger partial charge in [-0.05, 0) is 0 Å². The van der Waals surface area contributed by atoms with Crippen molar-refractivity contribution in [2.24, 2.45) is 0 Å². The Bertz CT molecular complexity index is 365. The zero-order valence-electron chi connectivity index (χ0n) is 9.80. The smallest absolute Gasteiger partial charge is 0.432 e. The molecule has 0 heterocycles. The third kappa shape index (κ3) is 2.28. The molecule has 20 heavy (non-hydrogen) atoms. The lowest BCUT2D eigenvalue weighted by atomic mass is 9.81. The van der Waals surface area contributed by atoms with Gasteiger partial charge in [-0.15, -0.1) is 0 Å². The standard InChI is InChI=1S/C8H8F6O6/c1-19-3(15)5(17,7(9,10)11)6(18,4(16)20-2)8(12,13)14/h17-18H,1-2H3/t5-,6+. The van der Waals surface area contributed by atoms with Crippen molar-refractivity contribution in [3.63, 3.8) is 0 Å². The molecule has 0 unspecified atom stereocenters. The summed E-state index contributed by atoms with van der Waals surface area (Å²) in [5.74, 6) is -5.87. The second-order valence-electron chi connectivity index (χ2n) is 3.40. The number of hydrogen-bond acceptors (Lipinski definition) is 6. The number of hydrogen-bond donors (Lipinski definition) is 2. The molecule has 2 N–H and O–H groups in total. The van der Waals surface area contributed by atoms with Crippen LogP contribution in [0.5, 0.6) is 0 Å². The van der Waals surface area contributed by atoms with Gasteiger partial charge in [-0.2, -0.15) is 26.3 Å². The molecule has 0 amide bonds. The van der Waals surface area contributed by atoms with E-state index in [1.807, 2.05) is 0 Å². The zero-order valence-corrected chi connectivity index (χ0v) is 9.80. The highest BCUT2D eigenvalue weighted by molar-refractivity contribution is 5.94. The van der Waals surface area contributed by atoms with E-state index < -0.39 is 35.5 Å². The first-order chi connectivity index (χ1) is 8.71. The molecule has 6 nitrogen and oxygen atoms in total. The van der Waals surface area contributed by atoms with E-state index in [4.69, 9.17) is 10.2 Å². The lowest BCUT2D eigenvalue weighted by Gasteiger charge is -2.40. The number of alkyl halides is 6. The zero-order chi connectivity index (χ0) is 16.6. The van der Waals surface area contributed by atoms with Crippen LogP contribution in [0.2, 0.25) is 0 Å². The SMILES string of the molecule is COC(=O)[C@@](O)(C(F)(F)F)[C@](O)(C(=O)OC)C(F)(F)F. The molecule has 0 fully saturated rings. The quantitative estimate of drug-likeness (QED) is 0.559. The lowest BCUT2D eigenvalue weighted by Crippen LogP contribution is -2.76. The van der Waals surface area contributed by atoms with Crippen molar-refractivity contribution >= 4 is 11.9 Å². The Balaban J connectivity index is 6.51. The molecule has 0 aliphatic rings. The van der Waals surface area contributed by atoms with Crippen molar-refractivity contribution in [3.8, 4) is 0 Å². The van der Waals surface area contributed by atoms with Gasteiger partial charge in [0.25, 0.3) is 0 Å². The molecular formula is C8H8F6O6. The van der Waals surface area contributed by atoms with Gasteiger partial charge in [-0.25, -0.2) is 9.59 Å². The van der Waals surface area contributed by atoms with Gasteiger partial charge >= 0.3 is 35.5 Å². The molecule has 2 atom stereocenters. The van der Waals surface area contributed by atoms with Crippen molar-refractivity contribution in [3.05, 3.63) is 0 Å². The Morgan fingerprint density at radius 3 is 1.05 bits per heavy atom. The van der Waals surface area contributed by atoms with Gasteiger partial charge in [0.1, 0.15) is 0 Å². The van der Waals surface area contributed by atoms with Crippen LogP contribution in [0.15, 0.2) is 0 Å². The molecule has 0 aromatic rings. The minimum atomic E-state index is -6.39. The lowest BCUT2D eigenvalue weighted by molar-refractivity contribution is -0.366. The van der Waals surface area contributed by atoms with Crippen molar-refractivity contribution in [2.45, 2.75) is 23.6 Å².